The molecule has 0 unspecified atom stereocenters. The molecule has 1 N–H and O–H groups in total. The summed E-state index contributed by atoms with van der Waals surface area (Å²) in [5.74, 6) is -2.32. The number of carbonyl (C=O) groups excluding carboxylic acids is 4. The van der Waals surface area contributed by atoms with E-state index in [2.05, 4.69) is 5.32 Å². The molecule has 6 nitrogen and oxygen atoms in total. The number of halogens is 1. The van der Waals surface area contributed by atoms with Gasteiger partial charge in [0.15, 0.2) is 0 Å². The minimum absolute atomic E-state index is 0.175. The molecular formula is C28H20ClNO5S. The van der Waals surface area contributed by atoms with Gasteiger partial charge in [-0.05, 0) is 36.8 Å². The molecule has 0 radical (unpaired) electrons. The van der Waals surface area contributed by atoms with E-state index in [1.54, 1.807) is 66.9 Å². The molecule has 0 atom stereocenters. The largest absolute Gasteiger partial charge is 0.462 e. The van der Waals surface area contributed by atoms with Crippen molar-refractivity contribution in [3.8, 4) is 11.1 Å². The number of rotatable bonds is 8. The first-order chi connectivity index (χ1) is 17.4. The second-order valence-electron chi connectivity index (χ2n) is 7.64. The molecule has 8 heteroatoms. The van der Waals surface area contributed by atoms with Gasteiger partial charge in [-0.15, -0.1) is 11.3 Å². The number of esters is 1. The Balaban J connectivity index is 1.56. The van der Waals surface area contributed by atoms with Crippen LogP contribution in [0.4, 0.5) is 5.00 Å². The summed E-state index contributed by atoms with van der Waals surface area (Å²) >= 11 is 7.18. The molecule has 36 heavy (non-hydrogen) atoms. The van der Waals surface area contributed by atoms with Gasteiger partial charge >= 0.3 is 5.97 Å². The third-order valence-electron chi connectivity index (χ3n) is 5.30. The number of anilines is 1. The van der Waals surface area contributed by atoms with Crippen molar-refractivity contribution < 1.29 is 23.9 Å². The Labute approximate surface area is 216 Å². The zero-order valence-corrected chi connectivity index (χ0v) is 20.7. The summed E-state index contributed by atoms with van der Waals surface area (Å²) in [5, 5.41) is 5.43. The van der Waals surface area contributed by atoms with Crippen molar-refractivity contribution in [1.82, 2.24) is 0 Å². The molecule has 0 aliphatic rings. The number of nitrogens with one attached hydrogen (secondary N) is 1. The predicted octanol–water partition coefficient (Wildman–Crippen LogP) is 6.56. The van der Waals surface area contributed by atoms with Crippen LogP contribution in [0, 0.1) is 0 Å². The minimum Gasteiger partial charge on any atom is -0.462 e. The maximum absolute atomic E-state index is 12.9. The molecule has 1 aromatic heterocycles. The molecular weight excluding hydrogens is 498 g/mol. The standard InChI is InChI=1S/C28H20ClNO5S/c1-2-35-28(34)23-22(17-12-14-21(29)15-13-17)16-36-27(23)30-26(33)20-10-8-19(9-11-20)25(32)24(31)18-6-4-3-5-7-18/h3-16H,2H2,1H3,(H,30,33). The molecule has 4 aromatic rings. The van der Waals surface area contributed by atoms with Gasteiger partial charge in [0.1, 0.15) is 10.6 Å². The van der Waals surface area contributed by atoms with Gasteiger partial charge in [0.2, 0.25) is 11.6 Å². The molecule has 1 amide bonds. The molecule has 1 heterocycles. The molecule has 180 valence electrons. The van der Waals surface area contributed by atoms with Crippen LogP contribution >= 0.6 is 22.9 Å². The number of amides is 1. The van der Waals surface area contributed by atoms with Crippen LogP contribution in [0.15, 0.2) is 84.2 Å². The number of thiophene rings is 1. The van der Waals surface area contributed by atoms with Crippen LogP contribution in [-0.2, 0) is 4.74 Å². The van der Waals surface area contributed by atoms with E-state index in [1.165, 1.54) is 35.6 Å². The zero-order valence-electron chi connectivity index (χ0n) is 19.1. The van der Waals surface area contributed by atoms with Crippen molar-refractivity contribution in [2.24, 2.45) is 0 Å². The fourth-order valence-electron chi connectivity index (χ4n) is 3.50. The number of ketones is 2. The average Bonchev–Trinajstić information content (AvgIpc) is 3.32. The van der Waals surface area contributed by atoms with Crippen LogP contribution in [-0.4, -0.2) is 30.0 Å². The highest BCUT2D eigenvalue weighted by molar-refractivity contribution is 7.15. The summed E-state index contributed by atoms with van der Waals surface area (Å²) in [6, 6.07) is 21.0. The number of carbonyl (C=O) groups is 4. The van der Waals surface area contributed by atoms with E-state index in [1.807, 2.05) is 0 Å². The van der Waals surface area contributed by atoms with E-state index >= 15 is 0 Å². The lowest BCUT2D eigenvalue weighted by Crippen LogP contribution is -2.16. The van der Waals surface area contributed by atoms with Crippen LogP contribution in [0.25, 0.3) is 11.1 Å². The first kappa shape index (κ1) is 25.0. The van der Waals surface area contributed by atoms with Crippen molar-refractivity contribution in [1.29, 1.82) is 0 Å². The van der Waals surface area contributed by atoms with Crippen LogP contribution in [0.3, 0.4) is 0 Å². The van der Waals surface area contributed by atoms with Gasteiger partial charge in [-0.1, -0.05) is 66.2 Å². The second kappa shape index (κ2) is 11.1. The highest BCUT2D eigenvalue weighted by atomic mass is 35.5. The summed E-state index contributed by atoms with van der Waals surface area (Å²) < 4.78 is 5.22. The van der Waals surface area contributed by atoms with E-state index in [0.717, 1.165) is 5.56 Å². The Morgan fingerprint density at radius 2 is 1.39 bits per heavy atom. The van der Waals surface area contributed by atoms with Gasteiger partial charge in [0, 0.05) is 32.7 Å². The Kier molecular flexibility index (Phi) is 7.73. The normalized spacial score (nSPS) is 10.5. The van der Waals surface area contributed by atoms with Crippen LogP contribution < -0.4 is 5.32 Å². The maximum Gasteiger partial charge on any atom is 0.341 e. The van der Waals surface area contributed by atoms with Gasteiger partial charge < -0.3 is 10.1 Å². The maximum atomic E-state index is 12.9. The van der Waals surface area contributed by atoms with E-state index in [-0.39, 0.29) is 23.3 Å². The van der Waals surface area contributed by atoms with E-state index < -0.39 is 23.4 Å². The van der Waals surface area contributed by atoms with Crippen molar-refractivity contribution >= 4 is 51.4 Å². The lowest BCUT2D eigenvalue weighted by molar-refractivity contribution is 0.0529. The van der Waals surface area contributed by atoms with E-state index in [0.29, 0.717) is 21.2 Å². The molecule has 0 aliphatic heterocycles. The summed E-state index contributed by atoms with van der Waals surface area (Å²) in [7, 11) is 0. The third-order valence-corrected chi connectivity index (χ3v) is 6.45. The smallest absolute Gasteiger partial charge is 0.341 e. The fourth-order valence-corrected chi connectivity index (χ4v) is 4.58. The van der Waals surface area contributed by atoms with Crippen LogP contribution in [0.1, 0.15) is 48.4 Å². The van der Waals surface area contributed by atoms with Crippen molar-refractivity contribution in [3.05, 3.63) is 112 Å². The molecule has 4 rings (SSSR count). The van der Waals surface area contributed by atoms with Crippen molar-refractivity contribution in [3.63, 3.8) is 0 Å². The number of hydrogen-bond donors (Lipinski definition) is 1. The molecule has 0 fully saturated rings. The van der Waals surface area contributed by atoms with E-state index in [9.17, 15) is 19.2 Å². The molecule has 0 aliphatic carbocycles. The Hall–Kier alpha value is -4.07. The third kappa shape index (κ3) is 5.43. The number of Topliss-reactive ketones (excluding diaryl/α,β-unsaturated/α-hetero) is 2. The van der Waals surface area contributed by atoms with E-state index in [4.69, 9.17) is 16.3 Å². The first-order valence-corrected chi connectivity index (χ1v) is 12.2. The highest BCUT2D eigenvalue weighted by Crippen LogP contribution is 2.37. The fraction of sp³-hybridized carbons (Fsp3) is 0.0714. The average molecular weight is 518 g/mol. The summed E-state index contributed by atoms with van der Waals surface area (Å²) in [5.41, 5.74) is 2.35. The molecule has 0 bridgehead atoms. The lowest BCUT2D eigenvalue weighted by Gasteiger charge is -2.09. The molecule has 0 saturated heterocycles. The predicted molar refractivity (Wildman–Crippen MR) is 140 cm³/mol. The summed E-state index contributed by atoms with van der Waals surface area (Å²) in [6.07, 6.45) is 0. The molecule has 0 spiro atoms. The Morgan fingerprint density at radius 1 is 0.806 bits per heavy atom. The SMILES string of the molecule is CCOC(=O)c1c(-c2ccc(Cl)cc2)csc1NC(=O)c1ccc(C(=O)C(=O)c2ccccc2)cc1. The quantitative estimate of drug-likeness (QED) is 0.162. The second-order valence-corrected chi connectivity index (χ2v) is 8.95. The van der Waals surface area contributed by atoms with Gasteiger partial charge in [-0.2, -0.15) is 0 Å². The first-order valence-electron chi connectivity index (χ1n) is 11.0. The Bertz CT molecular complexity index is 1430. The van der Waals surface area contributed by atoms with Crippen molar-refractivity contribution in [2.45, 2.75) is 6.92 Å². The van der Waals surface area contributed by atoms with Gasteiger partial charge in [-0.25, -0.2) is 4.79 Å². The summed E-state index contributed by atoms with van der Waals surface area (Å²) in [6.45, 7) is 1.88. The monoisotopic (exact) mass is 517 g/mol. The van der Waals surface area contributed by atoms with Crippen LogP contribution in [0.2, 0.25) is 5.02 Å². The lowest BCUT2D eigenvalue weighted by atomic mass is 10.0. The molecule has 3 aromatic carbocycles. The van der Waals surface area contributed by atoms with Gasteiger partial charge in [-0.3, -0.25) is 14.4 Å². The Morgan fingerprint density at radius 3 is 2.00 bits per heavy atom. The number of ether oxygens (including phenoxy) is 1. The molecule has 0 saturated carbocycles. The minimum atomic E-state index is -0.663. The topological polar surface area (TPSA) is 89.5 Å². The zero-order chi connectivity index (χ0) is 25.7. The van der Waals surface area contributed by atoms with Crippen molar-refractivity contribution in [2.75, 3.05) is 11.9 Å². The number of benzene rings is 3. The highest BCUT2D eigenvalue weighted by Gasteiger charge is 2.24. The number of hydrogen-bond acceptors (Lipinski definition) is 6. The van der Waals surface area contributed by atoms with Gasteiger partial charge in [0.25, 0.3) is 5.91 Å². The van der Waals surface area contributed by atoms with Gasteiger partial charge in [0.05, 0.1) is 6.61 Å². The van der Waals surface area contributed by atoms with Crippen LogP contribution in [0.5, 0.6) is 0 Å². The summed E-state index contributed by atoms with van der Waals surface area (Å²) in [4.78, 5) is 50.7.